The predicted molar refractivity (Wildman–Crippen MR) is 62.6 cm³/mol. The maximum Gasteiger partial charge on any atom is 0.0683 e. The van der Waals surface area contributed by atoms with Gasteiger partial charge >= 0.3 is 0 Å². The number of ether oxygens (including phenoxy) is 1. The Kier molecular flexibility index (Phi) is 7.37. The molecule has 0 saturated carbocycles. The van der Waals surface area contributed by atoms with Gasteiger partial charge in [0.1, 0.15) is 0 Å². The van der Waals surface area contributed by atoms with Crippen LogP contribution in [0.3, 0.4) is 0 Å². The van der Waals surface area contributed by atoms with Gasteiger partial charge in [0.05, 0.1) is 17.6 Å². The molecular formula is C12H24N2O. The molecule has 0 heterocycles. The van der Waals surface area contributed by atoms with Crippen LogP contribution in [0.25, 0.3) is 0 Å². The molecule has 1 N–H and O–H groups in total. The molecule has 0 radical (unpaired) electrons. The number of hydrogen-bond donors (Lipinski definition) is 1. The monoisotopic (exact) mass is 212 g/mol. The topological polar surface area (TPSA) is 45.0 Å². The van der Waals surface area contributed by atoms with E-state index in [2.05, 4.69) is 11.4 Å². The van der Waals surface area contributed by atoms with Gasteiger partial charge in [0, 0.05) is 13.7 Å². The summed E-state index contributed by atoms with van der Waals surface area (Å²) in [5, 5.41) is 12.2. The minimum absolute atomic E-state index is 0.167. The lowest BCUT2D eigenvalue weighted by Crippen LogP contribution is -2.26. The summed E-state index contributed by atoms with van der Waals surface area (Å²) in [6, 6.07) is 2.32. The number of rotatable bonds is 8. The van der Waals surface area contributed by atoms with Gasteiger partial charge in [0.2, 0.25) is 0 Å². The van der Waals surface area contributed by atoms with Crippen LogP contribution in [0.5, 0.6) is 0 Å². The maximum absolute atomic E-state index is 8.82. The Labute approximate surface area is 93.8 Å². The van der Waals surface area contributed by atoms with Gasteiger partial charge in [-0.3, -0.25) is 0 Å². The summed E-state index contributed by atoms with van der Waals surface area (Å²) in [5.74, 6) is 0. The van der Waals surface area contributed by atoms with E-state index in [4.69, 9.17) is 10.00 Å². The van der Waals surface area contributed by atoms with Crippen molar-refractivity contribution in [2.24, 2.45) is 5.41 Å². The molecule has 88 valence electrons. The summed E-state index contributed by atoms with van der Waals surface area (Å²) in [4.78, 5) is 0. The Hall–Kier alpha value is -0.590. The lowest BCUT2D eigenvalue weighted by Gasteiger charge is -2.15. The van der Waals surface area contributed by atoms with Crippen LogP contribution < -0.4 is 5.32 Å². The highest BCUT2D eigenvalue weighted by Gasteiger charge is 2.15. The number of nitrogens with one attached hydrogen (secondary N) is 1. The molecule has 0 aromatic rings. The van der Waals surface area contributed by atoms with Crippen LogP contribution in [-0.2, 0) is 4.74 Å². The third kappa shape index (κ3) is 8.41. The number of unbranched alkanes of at least 4 members (excludes halogenated alkanes) is 1. The molecule has 0 aliphatic rings. The zero-order valence-corrected chi connectivity index (χ0v) is 10.5. The minimum atomic E-state index is -0.167. The van der Waals surface area contributed by atoms with Gasteiger partial charge < -0.3 is 10.1 Å². The third-order valence-electron chi connectivity index (χ3n) is 2.54. The predicted octanol–water partition coefficient (Wildman–Crippen LogP) is 2.33. The van der Waals surface area contributed by atoms with E-state index in [0.29, 0.717) is 0 Å². The fourth-order valence-corrected chi connectivity index (χ4v) is 1.26. The van der Waals surface area contributed by atoms with Gasteiger partial charge in [-0.25, -0.2) is 0 Å². The molecule has 0 aromatic carbocycles. The van der Waals surface area contributed by atoms with Crippen LogP contribution in [0.1, 0.15) is 40.0 Å². The number of nitriles is 1. The molecule has 0 aromatic heterocycles. The maximum atomic E-state index is 8.82. The van der Waals surface area contributed by atoms with E-state index in [1.54, 1.807) is 7.11 Å². The summed E-state index contributed by atoms with van der Waals surface area (Å²) in [7, 11) is 1.72. The second-order valence-corrected chi connectivity index (χ2v) is 4.70. The van der Waals surface area contributed by atoms with Crippen molar-refractivity contribution in [1.29, 1.82) is 5.26 Å². The second-order valence-electron chi connectivity index (χ2n) is 4.70. The highest BCUT2D eigenvalue weighted by molar-refractivity contribution is 4.91. The Morgan fingerprint density at radius 1 is 1.40 bits per heavy atom. The summed E-state index contributed by atoms with van der Waals surface area (Å²) < 4.78 is 5.12. The Bertz CT molecular complexity index is 196. The highest BCUT2D eigenvalue weighted by atomic mass is 16.5. The quantitative estimate of drug-likeness (QED) is 0.628. The van der Waals surface area contributed by atoms with Gasteiger partial charge in [0.15, 0.2) is 0 Å². The first-order valence-electron chi connectivity index (χ1n) is 5.66. The van der Waals surface area contributed by atoms with E-state index in [0.717, 1.165) is 32.4 Å². The van der Waals surface area contributed by atoms with Crippen LogP contribution in [0.4, 0.5) is 0 Å². The van der Waals surface area contributed by atoms with Crippen LogP contribution in [-0.4, -0.2) is 26.3 Å². The SMILES string of the molecule is COC(C)CNCCCCC(C)(C)C#N. The van der Waals surface area contributed by atoms with Gasteiger partial charge in [-0.05, 0) is 40.2 Å². The first kappa shape index (κ1) is 14.4. The van der Waals surface area contributed by atoms with Crippen molar-refractivity contribution in [2.75, 3.05) is 20.2 Å². The third-order valence-corrected chi connectivity index (χ3v) is 2.54. The Balaban J connectivity index is 3.30. The van der Waals surface area contributed by atoms with Gasteiger partial charge in [-0.1, -0.05) is 6.42 Å². The second kappa shape index (κ2) is 7.67. The molecule has 0 amide bonds. The molecule has 1 unspecified atom stereocenters. The minimum Gasteiger partial charge on any atom is -0.380 e. The first-order chi connectivity index (χ1) is 7.02. The van der Waals surface area contributed by atoms with Crippen molar-refractivity contribution in [1.82, 2.24) is 5.32 Å². The standard InChI is InChI=1S/C12H24N2O/c1-11(15-4)9-14-8-6-5-7-12(2,3)10-13/h11,14H,5-9H2,1-4H3. The molecule has 3 heteroatoms. The number of nitrogens with zero attached hydrogens (tertiary/aromatic N) is 1. The average Bonchev–Trinajstić information content (AvgIpc) is 2.22. The lowest BCUT2D eigenvalue weighted by molar-refractivity contribution is 0.117. The Morgan fingerprint density at radius 2 is 2.07 bits per heavy atom. The summed E-state index contributed by atoms with van der Waals surface area (Å²) in [6.45, 7) is 7.94. The van der Waals surface area contributed by atoms with E-state index in [1.165, 1.54) is 0 Å². The first-order valence-corrected chi connectivity index (χ1v) is 5.66. The van der Waals surface area contributed by atoms with E-state index < -0.39 is 0 Å². The molecule has 1 atom stereocenters. The molecule has 15 heavy (non-hydrogen) atoms. The van der Waals surface area contributed by atoms with Crippen molar-refractivity contribution < 1.29 is 4.74 Å². The molecule has 0 spiro atoms. The molecule has 3 nitrogen and oxygen atoms in total. The van der Waals surface area contributed by atoms with Crippen molar-refractivity contribution >= 4 is 0 Å². The zero-order chi connectivity index (χ0) is 11.7. The van der Waals surface area contributed by atoms with Crippen molar-refractivity contribution in [3.63, 3.8) is 0 Å². The van der Waals surface area contributed by atoms with Gasteiger partial charge in [-0.2, -0.15) is 5.26 Å². The molecule has 0 aliphatic carbocycles. The Morgan fingerprint density at radius 3 is 2.60 bits per heavy atom. The van der Waals surface area contributed by atoms with Crippen molar-refractivity contribution in [3.8, 4) is 6.07 Å². The largest absolute Gasteiger partial charge is 0.380 e. The zero-order valence-electron chi connectivity index (χ0n) is 10.5. The molecule has 0 saturated heterocycles. The smallest absolute Gasteiger partial charge is 0.0683 e. The van der Waals surface area contributed by atoms with Crippen molar-refractivity contribution in [2.45, 2.75) is 46.1 Å². The average molecular weight is 212 g/mol. The molecule has 0 rings (SSSR count). The van der Waals surface area contributed by atoms with E-state index in [9.17, 15) is 0 Å². The molecule has 0 bridgehead atoms. The molecule has 0 aliphatic heterocycles. The summed E-state index contributed by atoms with van der Waals surface area (Å²) in [6.07, 6.45) is 3.49. The van der Waals surface area contributed by atoms with Crippen LogP contribution >= 0.6 is 0 Å². The van der Waals surface area contributed by atoms with Gasteiger partial charge in [0.25, 0.3) is 0 Å². The normalized spacial score (nSPS) is 13.5. The summed E-state index contributed by atoms with van der Waals surface area (Å²) in [5.41, 5.74) is -0.167. The fraction of sp³-hybridized carbons (Fsp3) is 0.917. The van der Waals surface area contributed by atoms with E-state index in [-0.39, 0.29) is 11.5 Å². The molecular weight excluding hydrogens is 188 g/mol. The lowest BCUT2D eigenvalue weighted by atomic mass is 9.89. The van der Waals surface area contributed by atoms with Gasteiger partial charge in [-0.15, -0.1) is 0 Å². The van der Waals surface area contributed by atoms with E-state index >= 15 is 0 Å². The van der Waals surface area contributed by atoms with Crippen LogP contribution in [0.15, 0.2) is 0 Å². The fourth-order valence-electron chi connectivity index (χ4n) is 1.26. The highest BCUT2D eigenvalue weighted by Crippen LogP contribution is 2.21. The number of methoxy groups -OCH3 is 1. The van der Waals surface area contributed by atoms with Crippen LogP contribution in [0, 0.1) is 16.7 Å². The number of hydrogen-bond acceptors (Lipinski definition) is 3. The van der Waals surface area contributed by atoms with E-state index in [1.807, 2.05) is 20.8 Å². The van der Waals surface area contributed by atoms with Crippen LogP contribution in [0.2, 0.25) is 0 Å². The van der Waals surface area contributed by atoms with Crippen molar-refractivity contribution in [3.05, 3.63) is 0 Å². The molecule has 0 fully saturated rings. The summed E-state index contributed by atoms with van der Waals surface area (Å²) >= 11 is 0.